The lowest BCUT2D eigenvalue weighted by Crippen LogP contribution is -2.31. The number of hydrogen-bond acceptors (Lipinski definition) is 25. The Labute approximate surface area is 626 Å². The fraction of sp³-hybridized carbons (Fsp3) is 0.449. The van der Waals surface area contributed by atoms with Crippen molar-refractivity contribution >= 4 is 91.7 Å². The molecule has 0 bridgehead atoms. The molecule has 0 aliphatic heterocycles. The zero-order valence-electron chi connectivity index (χ0n) is 64.4. The summed E-state index contributed by atoms with van der Waals surface area (Å²) in [6, 6.07) is 34.9. The largest absolute Gasteiger partial charge is 0.394 e. The molecular weight excluding hydrogens is 1350 g/mol. The zero-order valence-corrected chi connectivity index (χ0v) is 64.4. The molecule has 0 aliphatic carbocycles. The molecule has 0 fully saturated rings. The first kappa shape index (κ1) is 80.3. The van der Waals surface area contributed by atoms with Crippen molar-refractivity contribution in [2.24, 2.45) is 0 Å². The van der Waals surface area contributed by atoms with Crippen LogP contribution < -0.4 is 42.5 Å². The van der Waals surface area contributed by atoms with Crippen LogP contribution in [0.25, 0.3) is 44.7 Å². The molecular formula is C78H109N25O4. The number of fused-ring (bicyclic) bond motifs is 4. The molecule has 107 heavy (non-hydrogen) atoms. The highest BCUT2D eigenvalue weighted by Crippen LogP contribution is 2.30. The molecule has 12 aromatic rings. The molecule has 7 atom stereocenters. The minimum Gasteiger partial charge on any atom is -0.394 e. The maximum atomic E-state index is 9.96. The third kappa shape index (κ3) is 21.7. The summed E-state index contributed by atoms with van der Waals surface area (Å²) in [5.41, 5.74) is 10.7. The van der Waals surface area contributed by atoms with E-state index in [1.807, 2.05) is 113 Å². The zero-order chi connectivity index (χ0) is 76.7. The maximum Gasteiger partial charge on any atom is 0.227 e. The van der Waals surface area contributed by atoms with Gasteiger partial charge in [0.25, 0.3) is 0 Å². The van der Waals surface area contributed by atoms with Crippen LogP contribution in [0.2, 0.25) is 0 Å². The molecule has 9 heterocycles. The van der Waals surface area contributed by atoms with E-state index >= 15 is 0 Å². The van der Waals surface area contributed by atoms with Gasteiger partial charge in [0, 0.05) is 62.7 Å². The van der Waals surface area contributed by atoms with E-state index < -0.39 is 18.3 Å². The molecule has 3 aromatic carbocycles. The molecule has 570 valence electrons. The monoisotopic (exact) mass is 1460 g/mol. The van der Waals surface area contributed by atoms with Gasteiger partial charge < -0.3 is 81.2 Å². The van der Waals surface area contributed by atoms with Crippen molar-refractivity contribution in [3.63, 3.8) is 0 Å². The first-order valence-electron chi connectivity index (χ1n) is 37.3. The lowest BCUT2D eigenvalue weighted by Gasteiger charge is -2.20. The molecule has 0 saturated carbocycles. The van der Waals surface area contributed by atoms with Gasteiger partial charge in [0.2, 0.25) is 23.8 Å². The van der Waals surface area contributed by atoms with Crippen molar-refractivity contribution < 1.29 is 20.4 Å². The molecule has 29 nitrogen and oxygen atoms in total. The Kier molecular flexibility index (Phi) is 29.3. The summed E-state index contributed by atoms with van der Waals surface area (Å²) in [7, 11) is 0. The second kappa shape index (κ2) is 39.0. The Morgan fingerprint density at radius 3 is 0.804 bits per heavy atom. The summed E-state index contributed by atoms with van der Waals surface area (Å²) in [5, 5.41) is 65.8. The molecule has 0 saturated heterocycles. The number of benzene rings is 3. The molecule has 0 spiro atoms. The van der Waals surface area contributed by atoms with E-state index in [9.17, 15) is 20.4 Å². The standard InChI is InChI=1S/3C20H28N6O.C18H25N7O/c3*1-5-16(14(4)27)23-20-24-18(21-11-15-9-7-6-8-10-15)17-19(25-20)26(12-22-17)13(2)3;1-4-14(10-26)22-18-23-16(20-9-13-5-7-19-8-6-13)15-17(24-18)25(11-21-15)12(2)3/h3*6-10,12-14,16,27H,5,11H2,1-4H3,(H2,21,23,24,25);5-8,11-12,14,26H,4,9-10H2,1-3H3,(H2,20,22,23,24)/t2*14-,16+;;14-/m10.1/s1. The predicted molar refractivity (Wildman–Crippen MR) is 429 cm³/mol. The number of aliphatic hydroxyl groups excluding tert-OH is 4. The summed E-state index contributed by atoms with van der Waals surface area (Å²) in [6.45, 7) is 32.7. The number of rotatable bonds is 32. The minimum atomic E-state index is -0.495. The molecule has 0 radical (unpaired) electrons. The van der Waals surface area contributed by atoms with Gasteiger partial charge in [-0.05, 0) is 136 Å². The first-order chi connectivity index (χ1) is 51.6. The van der Waals surface area contributed by atoms with Gasteiger partial charge in [-0.1, -0.05) is 119 Å². The average molecular weight is 1460 g/mol. The van der Waals surface area contributed by atoms with Crippen LogP contribution >= 0.6 is 0 Å². The van der Waals surface area contributed by atoms with Gasteiger partial charge in [0.15, 0.2) is 67.9 Å². The van der Waals surface area contributed by atoms with Crippen molar-refractivity contribution in [1.29, 1.82) is 0 Å². The van der Waals surface area contributed by atoms with Crippen LogP contribution in [-0.4, -0.2) is 153 Å². The number of anilines is 8. The van der Waals surface area contributed by atoms with E-state index in [-0.39, 0.29) is 54.9 Å². The Balaban J connectivity index is 0.000000165. The van der Waals surface area contributed by atoms with Crippen molar-refractivity contribution in [3.05, 3.63) is 163 Å². The first-order valence-corrected chi connectivity index (χ1v) is 37.3. The predicted octanol–water partition coefficient (Wildman–Crippen LogP) is 13.4. The maximum absolute atomic E-state index is 9.96. The molecule has 0 amide bonds. The second-order valence-corrected chi connectivity index (χ2v) is 27.6. The van der Waals surface area contributed by atoms with E-state index in [1.165, 1.54) is 0 Å². The Morgan fingerprint density at radius 1 is 0.327 bits per heavy atom. The number of aromatic nitrogens is 17. The van der Waals surface area contributed by atoms with Crippen molar-refractivity contribution in [3.8, 4) is 0 Å². The third-order valence-electron chi connectivity index (χ3n) is 18.1. The molecule has 0 aliphatic rings. The lowest BCUT2D eigenvalue weighted by atomic mass is 10.1. The van der Waals surface area contributed by atoms with Crippen LogP contribution in [0.1, 0.15) is 176 Å². The summed E-state index contributed by atoms with van der Waals surface area (Å²) in [4.78, 5) is 59.2. The van der Waals surface area contributed by atoms with Crippen LogP contribution in [0.3, 0.4) is 0 Å². The smallest absolute Gasteiger partial charge is 0.227 e. The lowest BCUT2D eigenvalue weighted by molar-refractivity contribution is 0.169. The van der Waals surface area contributed by atoms with Gasteiger partial charge in [-0.2, -0.15) is 39.9 Å². The van der Waals surface area contributed by atoms with Crippen LogP contribution in [-0.2, 0) is 26.2 Å². The highest BCUT2D eigenvalue weighted by molar-refractivity contribution is 5.87. The van der Waals surface area contributed by atoms with E-state index in [2.05, 4.69) is 199 Å². The summed E-state index contributed by atoms with van der Waals surface area (Å²) in [5.74, 6) is 4.69. The quantitative estimate of drug-likeness (QED) is 0.0186. The summed E-state index contributed by atoms with van der Waals surface area (Å²) in [6.07, 6.45) is 12.3. The fourth-order valence-corrected chi connectivity index (χ4v) is 11.6. The number of nitrogens with zero attached hydrogens (tertiary/aromatic N) is 17. The van der Waals surface area contributed by atoms with Crippen LogP contribution in [0, 0.1) is 0 Å². The van der Waals surface area contributed by atoms with E-state index in [0.29, 0.717) is 73.2 Å². The Bertz CT molecular complexity index is 4290. The van der Waals surface area contributed by atoms with E-state index in [1.54, 1.807) is 58.5 Å². The van der Waals surface area contributed by atoms with Crippen molar-refractivity contribution in [2.75, 3.05) is 49.1 Å². The highest BCUT2D eigenvalue weighted by atomic mass is 16.3. The van der Waals surface area contributed by atoms with Gasteiger partial charge >= 0.3 is 0 Å². The van der Waals surface area contributed by atoms with Gasteiger partial charge in [0.1, 0.15) is 0 Å². The number of hydrogen-bond donors (Lipinski definition) is 12. The number of pyridine rings is 1. The fourth-order valence-electron chi connectivity index (χ4n) is 11.6. The second-order valence-electron chi connectivity index (χ2n) is 27.6. The number of aliphatic hydroxyl groups is 4. The van der Waals surface area contributed by atoms with Crippen LogP contribution in [0.5, 0.6) is 0 Å². The average Bonchev–Trinajstić information content (AvgIpc) is 1.69. The molecule has 29 heteroatoms. The minimum absolute atomic E-state index is 0.0289. The number of nitrogens with one attached hydrogen (secondary N) is 8. The third-order valence-corrected chi connectivity index (χ3v) is 18.1. The van der Waals surface area contributed by atoms with Crippen molar-refractivity contribution in [1.82, 2.24) is 83.1 Å². The van der Waals surface area contributed by atoms with Gasteiger partial charge in [-0.25, -0.2) is 19.9 Å². The van der Waals surface area contributed by atoms with Crippen LogP contribution in [0.15, 0.2) is 141 Å². The molecule has 2 unspecified atom stereocenters. The van der Waals surface area contributed by atoms with E-state index in [0.717, 1.165) is 92.6 Å². The number of imidazole rings is 4. The highest BCUT2D eigenvalue weighted by Gasteiger charge is 2.24. The Hall–Kier alpha value is -10.8. The molecule has 9 aromatic heterocycles. The van der Waals surface area contributed by atoms with E-state index in [4.69, 9.17) is 0 Å². The SMILES string of the molecule is CCC(Nc1nc(NCc2ccccc2)c2ncn(C(C)C)c2n1)C(C)O.CC[C@@H](Nc1nc(NCc2ccccc2)c2ncn(C(C)C)c2n1)[C@H](C)O.CC[C@H](CO)Nc1nc(NCc2ccncc2)c2ncn(C(C)C)c2n1.CC[C@H](Nc1nc(NCc2ccccc2)c2ncn(C(C)C)c2n1)[C@@H](C)O. The summed E-state index contributed by atoms with van der Waals surface area (Å²) < 4.78 is 8.09. The topological polar surface area (TPSA) is 364 Å². The molecule has 12 rings (SSSR count). The Morgan fingerprint density at radius 2 is 0.579 bits per heavy atom. The molecule has 12 N–H and O–H groups in total. The van der Waals surface area contributed by atoms with Gasteiger partial charge in [-0.15, -0.1) is 0 Å². The van der Waals surface area contributed by atoms with Gasteiger partial charge in [-0.3, -0.25) is 4.98 Å². The van der Waals surface area contributed by atoms with Crippen molar-refractivity contribution in [2.45, 2.75) is 222 Å². The van der Waals surface area contributed by atoms with Crippen LogP contribution in [0.4, 0.5) is 47.1 Å². The summed E-state index contributed by atoms with van der Waals surface area (Å²) >= 11 is 0. The normalized spacial score (nSPS) is 13.4. The van der Waals surface area contributed by atoms with Gasteiger partial charge in [0.05, 0.1) is 74.4 Å².